The second-order valence-electron chi connectivity index (χ2n) is 4.57. The van der Waals surface area contributed by atoms with Crippen LogP contribution in [0.2, 0.25) is 0 Å². The molecule has 1 saturated heterocycles. The molecule has 6 heteroatoms. The zero-order valence-corrected chi connectivity index (χ0v) is 9.74. The van der Waals surface area contributed by atoms with E-state index in [-0.39, 0.29) is 6.03 Å². The van der Waals surface area contributed by atoms with Gasteiger partial charge < -0.3 is 4.90 Å². The number of anilines is 1. The number of carbonyl (C=O) groups is 1. The van der Waals surface area contributed by atoms with Gasteiger partial charge in [0.25, 0.3) is 0 Å². The smallest absolute Gasteiger partial charge is 0.322 e. The molecule has 0 radical (unpaired) electrons. The molecule has 1 aromatic rings. The van der Waals surface area contributed by atoms with Crippen LogP contribution >= 0.6 is 11.5 Å². The molecule has 1 aliphatic heterocycles. The second-order valence-corrected chi connectivity index (χ2v) is 5.35. The van der Waals surface area contributed by atoms with Crippen LogP contribution < -0.4 is 5.32 Å². The predicted octanol–water partition coefficient (Wildman–Crippen LogP) is 1.80. The molecule has 16 heavy (non-hydrogen) atoms. The lowest BCUT2D eigenvalue weighted by Gasteiger charge is -2.16. The predicted molar refractivity (Wildman–Crippen MR) is 61.3 cm³/mol. The Morgan fingerprint density at radius 3 is 2.81 bits per heavy atom. The molecule has 0 spiro atoms. The Morgan fingerprint density at radius 1 is 1.44 bits per heavy atom. The van der Waals surface area contributed by atoms with E-state index in [4.69, 9.17) is 0 Å². The third-order valence-electron chi connectivity index (χ3n) is 3.60. The van der Waals surface area contributed by atoms with E-state index in [9.17, 15) is 4.79 Å². The molecular weight excluding hydrogens is 224 g/mol. The highest BCUT2D eigenvalue weighted by molar-refractivity contribution is 7.10. The standard InChI is InChI=1S/C10H14N4OS/c15-10(12-9-4-11-13-16-9)14-5-7-2-1-3-8(7)6-14/h4,7-8H,1-3,5-6H2,(H,12,15). The summed E-state index contributed by atoms with van der Waals surface area (Å²) in [5, 5.41) is 7.25. The zero-order valence-electron chi connectivity index (χ0n) is 8.93. The molecule has 2 fully saturated rings. The van der Waals surface area contributed by atoms with E-state index in [0.717, 1.165) is 29.9 Å². The molecule has 2 aliphatic rings. The van der Waals surface area contributed by atoms with E-state index >= 15 is 0 Å². The Bertz CT molecular complexity index is 368. The van der Waals surface area contributed by atoms with Gasteiger partial charge in [-0.25, -0.2) is 4.79 Å². The number of aromatic nitrogens is 2. The van der Waals surface area contributed by atoms with Gasteiger partial charge in [0.2, 0.25) is 0 Å². The first kappa shape index (κ1) is 10.0. The fourth-order valence-electron chi connectivity index (χ4n) is 2.81. The summed E-state index contributed by atoms with van der Waals surface area (Å²) in [4.78, 5) is 13.8. The van der Waals surface area contributed by atoms with Crippen LogP contribution in [0.5, 0.6) is 0 Å². The zero-order chi connectivity index (χ0) is 11.0. The van der Waals surface area contributed by atoms with Crippen molar-refractivity contribution >= 4 is 22.6 Å². The Hall–Kier alpha value is -1.17. The Balaban J connectivity index is 1.60. The van der Waals surface area contributed by atoms with Crippen LogP contribution in [0.4, 0.5) is 9.80 Å². The number of rotatable bonds is 1. The number of hydrogen-bond donors (Lipinski definition) is 1. The monoisotopic (exact) mass is 238 g/mol. The molecule has 0 aromatic carbocycles. The highest BCUT2D eigenvalue weighted by atomic mass is 32.1. The summed E-state index contributed by atoms with van der Waals surface area (Å²) in [6.45, 7) is 1.84. The topological polar surface area (TPSA) is 58.1 Å². The molecule has 86 valence electrons. The Labute approximate surface area is 98.0 Å². The maximum atomic E-state index is 11.9. The number of urea groups is 1. The average Bonchev–Trinajstić information content (AvgIpc) is 2.91. The van der Waals surface area contributed by atoms with Gasteiger partial charge in [0.05, 0.1) is 6.20 Å². The first-order chi connectivity index (χ1) is 7.83. The van der Waals surface area contributed by atoms with Crippen molar-refractivity contribution in [1.82, 2.24) is 14.5 Å². The van der Waals surface area contributed by atoms with Crippen LogP contribution in [-0.4, -0.2) is 33.6 Å². The quantitative estimate of drug-likeness (QED) is 0.811. The van der Waals surface area contributed by atoms with Gasteiger partial charge in [0.15, 0.2) is 0 Å². The van der Waals surface area contributed by atoms with Gasteiger partial charge in [0.1, 0.15) is 5.00 Å². The van der Waals surface area contributed by atoms with E-state index in [2.05, 4.69) is 14.9 Å². The molecule has 1 aliphatic carbocycles. The SMILES string of the molecule is O=C(Nc1cnns1)N1CC2CCCC2C1. The highest BCUT2D eigenvalue weighted by Gasteiger charge is 2.38. The molecule has 2 atom stereocenters. The molecule has 2 amide bonds. The molecule has 1 N–H and O–H groups in total. The molecule has 1 aromatic heterocycles. The summed E-state index contributed by atoms with van der Waals surface area (Å²) < 4.78 is 3.72. The Morgan fingerprint density at radius 2 is 2.19 bits per heavy atom. The van der Waals surface area contributed by atoms with Crippen LogP contribution in [0, 0.1) is 11.8 Å². The van der Waals surface area contributed by atoms with E-state index in [1.807, 2.05) is 4.90 Å². The number of nitrogens with one attached hydrogen (secondary N) is 1. The Kier molecular flexibility index (Phi) is 2.51. The van der Waals surface area contributed by atoms with Gasteiger partial charge in [-0.15, -0.1) is 5.10 Å². The fraction of sp³-hybridized carbons (Fsp3) is 0.700. The maximum absolute atomic E-state index is 11.9. The van der Waals surface area contributed by atoms with Gasteiger partial charge >= 0.3 is 6.03 Å². The number of likely N-dealkylation sites (tertiary alicyclic amines) is 1. The molecule has 2 heterocycles. The lowest BCUT2D eigenvalue weighted by atomic mass is 10.0. The van der Waals surface area contributed by atoms with Gasteiger partial charge in [-0.3, -0.25) is 5.32 Å². The number of carbonyl (C=O) groups excluding carboxylic acids is 1. The third kappa shape index (κ3) is 1.77. The fourth-order valence-corrected chi connectivity index (χ4v) is 3.22. The second kappa shape index (κ2) is 4.01. The number of hydrogen-bond acceptors (Lipinski definition) is 4. The number of fused-ring (bicyclic) bond motifs is 1. The van der Waals surface area contributed by atoms with Crippen LogP contribution in [-0.2, 0) is 0 Å². The van der Waals surface area contributed by atoms with Gasteiger partial charge in [0, 0.05) is 24.6 Å². The normalized spacial score (nSPS) is 28.1. The van der Waals surface area contributed by atoms with Crippen LogP contribution in [0.25, 0.3) is 0 Å². The van der Waals surface area contributed by atoms with E-state index in [1.54, 1.807) is 6.20 Å². The summed E-state index contributed by atoms with van der Waals surface area (Å²) >= 11 is 1.21. The van der Waals surface area contributed by atoms with Gasteiger partial charge in [-0.1, -0.05) is 10.9 Å². The first-order valence-electron chi connectivity index (χ1n) is 5.66. The minimum atomic E-state index is 0.000417. The van der Waals surface area contributed by atoms with E-state index < -0.39 is 0 Å². The molecule has 1 saturated carbocycles. The van der Waals surface area contributed by atoms with Crippen molar-refractivity contribution < 1.29 is 4.79 Å². The average molecular weight is 238 g/mol. The maximum Gasteiger partial charge on any atom is 0.322 e. The summed E-state index contributed by atoms with van der Waals surface area (Å²) in [5.41, 5.74) is 0. The van der Waals surface area contributed by atoms with Crippen LogP contribution in [0.3, 0.4) is 0 Å². The highest BCUT2D eigenvalue weighted by Crippen LogP contribution is 2.37. The number of nitrogens with zero attached hydrogens (tertiary/aromatic N) is 3. The van der Waals surface area contributed by atoms with E-state index in [1.165, 1.54) is 30.8 Å². The van der Waals surface area contributed by atoms with Crippen LogP contribution in [0.15, 0.2) is 6.20 Å². The molecule has 5 nitrogen and oxygen atoms in total. The van der Waals surface area contributed by atoms with Crippen molar-refractivity contribution in [3.05, 3.63) is 6.20 Å². The van der Waals surface area contributed by atoms with Gasteiger partial charge in [-0.05, 0) is 24.7 Å². The van der Waals surface area contributed by atoms with Crippen LogP contribution in [0.1, 0.15) is 19.3 Å². The molecule has 0 bridgehead atoms. The van der Waals surface area contributed by atoms with Crippen molar-refractivity contribution in [2.45, 2.75) is 19.3 Å². The van der Waals surface area contributed by atoms with Gasteiger partial charge in [-0.2, -0.15) is 0 Å². The minimum Gasteiger partial charge on any atom is -0.324 e. The summed E-state index contributed by atoms with van der Waals surface area (Å²) in [6.07, 6.45) is 5.50. The van der Waals surface area contributed by atoms with Crippen molar-refractivity contribution in [2.75, 3.05) is 18.4 Å². The molecule has 2 unspecified atom stereocenters. The summed E-state index contributed by atoms with van der Waals surface area (Å²) in [6, 6.07) is 0.000417. The lowest BCUT2D eigenvalue weighted by molar-refractivity contribution is 0.219. The summed E-state index contributed by atoms with van der Waals surface area (Å²) in [7, 11) is 0. The van der Waals surface area contributed by atoms with Crippen molar-refractivity contribution in [1.29, 1.82) is 0 Å². The molecule has 3 rings (SSSR count). The molecular formula is C10H14N4OS. The minimum absolute atomic E-state index is 0.000417. The van der Waals surface area contributed by atoms with Crippen molar-refractivity contribution in [3.63, 3.8) is 0 Å². The lowest BCUT2D eigenvalue weighted by Crippen LogP contribution is -2.33. The third-order valence-corrected chi connectivity index (χ3v) is 4.19. The number of amides is 2. The summed E-state index contributed by atoms with van der Waals surface area (Å²) in [5.74, 6) is 1.48. The van der Waals surface area contributed by atoms with E-state index in [0.29, 0.717) is 0 Å². The first-order valence-corrected chi connectivity index (χ1v) is 6.43. The van der Waals surface area contributed by atoms with Crippen molar-refractivity contribution in [3.8, 4) is 0 Å². The largest absolute Gasteiger partial charge is 0.324 e. The van der Waals surface area contributed by atoms with Crippen molar-refractivity contribution in [2.24, 2.45) is 11.8 Å².